The molecule has 2 heterocycles. The second kappa shape index (κ2) is 3.57. The Kier molecular flexibility index (Phi) is 2.26. The van der Waals surface area contributed by atoms with Crippen LogP contribution in [-0.4, -0.2) is 22.0 Å². The van der Waals surface area contributed by atoms with Gasteiger partial charge in [0.25, 0.3) is 0 Å². The third kappa shape index (κ3) is 1.39. The normalized spacial score (nSPS) is 10.4. The zero-order valence-electron chi connectivity index (χ0n) is 8.28. The second-order valence-electron chi connectivity index (χ2n) is 2.97. The van der Waals surface area contributed by atoms with Gasteiger partial charge >= 0.3 is 0 Å². The summed E-state index contributed by atoms with van der Waals surface area (Å²) in [5, 5.41) is 2.94. The first-order valence-corrected chi connectivity index (χ1v) is 4.64. The number of aryl methyl sites for hydroxylation is 1. The molecule has 0 aromatic carbocycles. The number of fused-ring (bicyclic) bond motifs is 1. The van der Waals surface area contributed by atoms with Crippen molar-refractivity contribution in [3.8, 4) is 0 Å². The molecule has 0 aliphatic rings. The fourth-order valence-corrected chi connectivity index (χ4v) is 1.39. The van der Waals surface area contributed by atoms with E-state index < -0.39 is 0 Å². The summed E-state index contributed by atoms with van der Waals surface area (Å²) in [6.45, 7) is 2.07. The highest BCUT2D eigenvalue weighted by Gasteiger charge is 2.05. The maximum atomic E-state index is 4.35. The Hall–Kier alpha value is -1.71. The van der Waals surface area contributed by atoms with Crippen LogP contribution in [0.25, 0.3) is 11.0 Å². The summed E-state index contributed by atoms with van der Waals surface area (Å²) in [7, 11) is 1.82. The van der Waals surface area contributed by atoms with E-state index in [4.69, 9.17) is 0 Å². The Morgan fingerprint density at radius 1 is 1.36 bits per heavy atom. The molecule has 0 saturated heterocycles. The standard InChI is InChI=1S/C10H12N4/c1-3-7-9-8(5-4-6-12-9)14-10(11-2)13-7/h4-6H,3H2,1-2H3,(H,11,13,14). The number of hydrogen-bond donors (Lipinski definition) is 1. The van der Waals surface area contributed by atoms with Crippen LogP contribution >= 0.6 is 0 Å². The van der Waals surface area contributed by atoms with Gasteiger partial charge in [-0.1, -0.05) is 6.92 Å². The van der Waals surface area contributed by atoms with Crippen LogP contribution in [-0.2, 0) is 6.42 Å². The molecule has 2 aromatic heterocycles. The molecular weight excluding hydrogens is 176 g/mol. The van der Waals surface area contributed by atoms with Gasteiger partial charge in [0, 0.05) is 13.2 Å². The van der Waals surface area contributed by atoms with Crippen LogP contribution in [0.15, 0.2) is 18.3 Å². The first-order valence-electron chi connectivity index (χ1n) is 4.64. The van der Waals surface area contributed by atoms with Crippen molar-refractivity contribution in [1.82, 2.24) is 15.0 Å². The molecule has 2 rings (SSSR count). The van der Waals surface area contributed by atoms with E-state index in [1.54, 1.807) is 6.20 Å². The Balaban J connectivity index is 2.73. The van der Waals surface area contributed by atoms with Gasteiger partial charge in [0.15, 0.2) is 0 Å². The number of nitrogens with one attached hydrogen (secondary N) is 1. The van der Waals surface area contributed by atoms with Gasteiger partial charge in [0.1, 0.15) is 5.52 Å². The zero-order valence-corrected chi connectivity index (χ0v) is 8.28. The highest BCUT2D eigenvalue weighted by Crippen LogP contribution is 2.14. The molecule has 0 spiro atoms. The third-order valence-electron chi connectivity index (χ3n) is 2.09. The van der Waals surface area contributed by atoms with E-state index in [0.717, 1.165) is 23.1 Å². The van der Waals surface area contributed by atoms with Crippen LogP contribution in [0.5, 0.6) is 0 Å². The Labute approximate surface area is 82.4 Å². The molecule has 14 heavy (non-hydrogen) atoms. The summed E-state index contributed by atoms with van der Waals surface area (Å²) < 4.78 is 0. The van der Waals surface area contributed by atoms with E-state index >= 15 is 0 Å². The van der Waals surface area contributed by atoms with Crippen LogP contribution < -0.4 is 5.32 Å². The molecule has 0 amide bonds. The third-order valence-corrected chi connectivity index (χ3v) is 2.09. The Bertz CT molecular complexity index is 453. The smallest absolute Gasteiger partial charge is 0.223 e. The van der Waals surface area contributed by atoms with Crippen molar-refractivity contribution < 1.29 is 0 Å². The summed E-state index contributed by atoms with van der Waals surface area (Å²) in [6.07, 6.45) is 2.63. The van der Waals surface area contributed by atoms with Crippen molar-refractivity contribution in [2.45, 2.75) is 13.3 Å². The summed E-state index contributed by atoms with van der Waals surface area (Å²) in [6, 6.07) is 3.83. The highest BCUT2D eigenvalue weighted by molar-refractivity contribution is 5.77. The number of aromatic nitrogens is 3. The zero-order chi connectivity index (χ0) is 9.97. The van der Waals surface area contributed by atoms with E-state index in [9.17, 15) is 0 Å². The molecule has 4 nitrogen and oxygen atoms in total. The molecule has 2 aromatic rings. The van der Waals surface area contributed by atoms with Gasteiger partial charge in [-0.25, -0.2) is 9.97 Å². The van der Waals surface area contributed by atoms with Gasteiger partial charge in [0.2, 0.25) is 5.95 Å². The first kappa shape index (κ1) is 8.87. The highest BCUT2D eigenvalue weighted by atomic mass is 15.1. The maximum Gasteiger partial charge on any atom is 0.223 e. The molecule has 0 fully saturated rings. The number of anilines is 1. The van der Waals surface area contributed by atoms with Crippen molar-refractivity contribution in [1.29, 1.82) is 0 Å². The van der Waals surface area contributed by atoms with E-state index in [1.165, 1.54) is 0 Å². The molecule has 4 heteroatoms. The van der Waals surface area contributed by atoms with Gasteiger partial charge < -0.3 is 5.32 Å². The lowest BCUT2D eigenvalue weighted by atomic mass is 10.2. The Morgan fingerprint density at radius 3 is 2.93 bits per heavy atom. The van der Waals surface area contributed by atoms with Gasteiger partial charge in [0.05, 0.1) is 11.2 Å². The summed E-state index contributed by atoms with van der Waals surface area (Å²) in [4.78, 5) is 12.9. The molecule has 0 aliphatic heterocycles. The molecule has 0 bridgehead atoms. The quantitative estimate of drug-likeness (QED) is 0.778. The lowest BCUT2D eigenvalue weighted by molar-refractivity contribution is 1.02. The molecule has 0 unspecified atom stereocenters. The number of rotatable bonds is 2. The van der Waals surface area contributed by atoms with E-state index in [-0.39, 0.29) is 0 Å². The van der Waals surface area contributed by atoms with Gasteiger partial charge in [-0.05, 0) is 18.6 Å². The van der Waals surface area contributed by atoms with Crippen molar-refractivity contribution in [2.75, 3.05) is 12.4 Å². The summed E-state index contributed by atoms with van der Waals surface area (Å²) in [5.74, 6) is 0.655. The average molecular weight is 188 g/mol. The SMILES string of the molecule is CCc1nc(NC)nc2cccnc12. The molecule has 72 valence electrons. The predicted octanol–water partition coefficient (Wildman–Crippen LogP) is 1.63. The topological polar surface area (TPSA) is 50.7 Å². The predicted molar refractivity (Wildman–Crippen MR) is 56.3 cm³/mol. The van der Waals surface area contributed by atoms with Crippen molar-refractivity contribution in [3.05, 3.63) is 24.0 Å². The van der Waals surface area contributed by atoms with Crippen LogP contribution in [0.1, 0.15) is 12.6 Å². The fraction of sp³-hybridized carbons (Fsp3) is 0.300. The average Bonchev–Trinajstić information content (AvgIpc) is 2.27. The van der Waals surface area contributed by atoms with Crippen LogP contribution in [0, 0.1) is 0 Å². The van der Waals surface area contributed by atoms with Gasteiger partial charge in [-0.2, -0.15) is 0 Å². The van der Waals surface area contributed by atoms with Crippen LogP contribution in [0.4, 0.5) is 5.95 Å². The first-order chi connectivity index (χ1) is 6.85. The Morgan fingerprint density at radius 2 is 2.21 bits per heavy atom. The summed E-state index contributed by atoms with van der Waals surface area (Å²) >= 11 is 0. The lowest BCUT2D eigenvalue weighted by Crippen LogP contribution is -2.01. The molecule has 1 N–H and O–H groups in total. The van der Waals surface area contributed by atoms with E-state index in [2.05, 4.69) is 27.2 Å². The minimum Gasteiger partial charge on any atom is -0.357 e. The monoisotopic (exact) mass is 188 g/mol. The molecular formula is C10H12N4. The van der Waals surface area contributed by atoms with Gasteiger partial charge in [-0.15, -0.1) is 0 Å². The minimum atomic E-state index is 0.655. The van der Waals surface area contributed by atoms with E-state index in [0.29, 0.717) is 5.95 Å². The number of pyridine rings is 1. The van der Waals surface area contributed by atoms with Crippen LogP contribution in [0.2, 0.25) is 0 Å². The molecule has 0 atom stereocenters. The molecule has 0 aliphatic carbocycles. The van der Waals surface area contributed by atoms with Gasteiger partial charge in [-0.3, -0.25) is 4.98 Å². The van der Waals surface area contributed by atoms with Crippen LogP contribution in [0.3, 0.4) is 0 Å². The maximum absolute atomic E-state index is 4.35. The minimum absolute atomic E-state index is 0.655. The lowest BCUT2D eigenvalue weighted by Gasteiger charge is -2.04. The molecule has 0 saturated carbocycles. The van der Waals surface area contributed by atoms with E-state index in [1.807, 2.05) is 19.2 Å². The second-order valence-corrected chi connectivity index (χ2v) is 2.97. The van der Waals surface area contributed by atoms with Crippen molar-refractivity contribution in [3.63, 3.8) is 0 Å². The van der Waals surface area contributed by atoms with Crippen molar-refractivity contribution in [2.24, 2.45) is 0 Å². The number of nitrogens with zero attached hydrogens (tertiary/aromatic N) is 3. The molecule has 0 radical (unpaired) electrons. The van der Waals surface area contributed by atoms with Crippen molar-refractivity contribution >= 4 is 17.0 Å². The summed E-state index contributed by atoms with van der Waals surface area (Å²) in [5.41, 5.74) is 2.78. The largest absolute Gasteiger partial charge is 0.357 e. The number of hydrogen-bond acceptors (Lipinski definition) is 4. The fourth-order valence-electron chi connectivity index (χ4n) is 1.39.